The monoisotopic (exact) mass is 330 g/mol. The average molecular weight is 330 g/mol. The van der Waals surface area contributed by atoms with Crippen molar-refractivity contribution in [3.63, 3.8) is 0 Å². The van der Waals surface area contributed by atoms with Crippen LogP contribution in [-0.2, 0) is 0 Å². The second-order valence-corrected chi connectivity index (χ2v) is 5.82. The van der Waals surface area contributed by atoms with Crippen LogP contribution >= 0.6 is 0 Å². The van der Waals surface area contributed by atoms with E-state index < -0.39 is 6.10 Å². The normalized spacial score (nSPS) is 16.5. The Morgan fingerprint density at radius 3 is 2.50 bits per heavy atom. The van der Waals surface area contributed by atoms with Gasteiger partial charge in [0.05, 0.1) is 13.5 Å². The Kier molecular flexibility index (Phi) is 3.75. The maximum absolute atomic E-state index is 12.5. The molecule has 3 rings (SSSR count). The highest BCUT2D eigenvalue weighted by Gasteiger charge is 2.34. The molecule has 0 saturated carbocycles. The molecule has 0 spiro atoms. The van der Waals surface area contributed by atoms with Gasteiger partial charge in [-0.25, -0.2) is 0 Å². The molecule has 126 valence electrons. The molecular weight excluding hydrogens is 312 g/mol. The van der Waals surface area contributed by atoms with Crippen molar-refractivity contribution >= 4 is 5.78 Å². The van der Waals surface area contributed by atoms with Gasteiger partial charge in [0.1, 0.15) is 28.9 Å². The summed E-state index contributed by atoms with van der Waals surface area (Å²) in [7, 11) is 1.43. The van der Waals surface area contributed by atoms with E-state index in [9.17, 15) is 20.1 Å². The molecule has 1 aliphatic rings. The highest BCUT2D eigenvalue weighted by atomic mass is 16.5. The molecule has 2 aromatic rings. The van der Waals surface area contributed by atoms with Gasteiger partial charge in [0.15, 0.2) is 17.3 Å². The van der Waals surface area contributed by atoms with Crippen LogP contribution in [-0.4, -0.2) is 28.2 Å². The minimum absolute atomic E-state index is 0.00844. The number of carbonyl (C=O) groups is 1. The Morgan fingerprint density at radius 2 is 1.83 bits per heavy atom. The van der Waals surface area contributed by atoms with E-state index in [1.807, 2.05) is 0 Å². The minimum Gasteiger partial charge on any atom is -0.507 e. The van der Waals surface area contributed by atoms with Crippen LogP contribution in [0, 0.1) is 13.8 Å². The second-order valence-electron chi connectivity index (χ2n) is 5.82. The summed E-state index contributed by atoms with van der Waals surface area (Å²) < 4.78 is 11.0. The number of ketones is 1. The molecule has 0 aromatic heterocycles. The maximum atomic E-state index is 12.5. The molecule has 1 atom stereocenters. The smallest absolute Gasteiger partial charge is 0.174 e. The molecule has 0 saturated heterocycles. The predicted molar refractivity (Wildman–Crippen MR) is 86.2 cm³/mol. The fraction of sp³-hybridized carbons (Fsp3) is 0.278. The number of benzene rings is 2. The van der Waals surface area contributed by atoms with Crippen molar-refractivity contribution in [3.05, 3.63) is 40.5 Å². The predicted octanol–water partition coefficient (Wildman–Crippen LogP) is 3.14. The first-order chi connectivity index (χ1) is 11.3. The third kappa shape index (κ3) is 2.31. The van der Waals surface area contributed by atoms with E-state index >= 15 is 0 Å². The lowest BCUT2D eigenvalue weighted by molar-refractivity contribution is 0.0842. The van der Waals surface area contributed by atoms with Crippen molar-refractivity contribution < 1.29 is 29.6 Å². The van der Waals surface area contributed by atoms with Gasteiger partial charge in [-0.3, -0.25) is 4.79 Å². The number of Topliss-reactive ketones (excluding diaryl/α,β-unsaturated/α-hetero) is 1. The number of phenols is 3. The van der Waals surface area contributed by atoms with Gasteiger partial charge in [-0.2, -0.15) is 0 Å². The van der Waals surface area contributed by atoms with E-state index in [1.165, 1.54) is 13.2 Å². The summed E-state index contributed by atoms with van der Waals surface area (Å²) in [6.07, 6.45) is -0.558. The van der Waals surface area contributed by atoms with Crippen molar-refractivity contribution in [1.82, 2.24) is 0 Å². The van der Waals surface area contributed by atoms with Crippen LogP contribution in [0.25, 0.3) is 0 Å². The Bertz CT molecular complexity index is 840. The summed E-state index contributed by atoms with van der Waals surface area (Å²) in [5.74, 6) is -0.157. The summed E-state index contributed by atoms with van der Waals surface area (Å²) in [5, 5.41) is 30.0. The zero-order valence-electron chi connectivity index (χ0n) is 13.6. The molecule has 0 aliphatic carbocycles. The second kappa shape index (κ2) is 5.63. The van der Waals surface area contributed by atoms with E-state index in [0.29, 0.717) is 11.1 Å². The number of hydrogen-bond acceptors (Lipinski definition) is 6. The largest absolute Gasteiger partial charge is 0.507 e. The number of rotatable bonds is 2. The first kappa shape index (κ1) is 16.0. The van der Waals surface area contributed by atoms with Gasteiger partial charge in [0.25, 0.3) is 0 Å². The molecule has 0 unspecified atom stereocenters. The average Bonchev–Trinajstić information content (AvgIpc) is 2.57. The van der Waals surface area contributed by atoms with Crippen molar-refractivity contribution in [2.45, 2.75) is 26.4 Å². The molecule has 0 radical (unpaired) electrons. The minimum atomic E-state index is -0.597. The SMILES string of the molecule is COc1cc([C@H]2CC(=O)c3c(O)c(C)c(O)c(C)c3O2)ccc1O. The van der Waals surface area contributed by atoms with E-state index in [0.717, 1.165) is 0 Å². The molecule has 6 nitrogen and oxygen atoms in total. The van der Waals surface area contributed by atoms with Crippen LogP contribution in [0.1, 0.15) is 39.6 Å². The third-order valence-electron chi connectivity index (χ3n) is 4.36. The molecule has 0 fully saturated rings. The number of phenolic OH excluding ortho intramolecular Hbond substituents is 3. The first-order valence-corrected chi connectivity index (χ1v) is 7.47. The number of fused-ring (bicyclic) bond motifs is 1. The van der Waals surface area contributed by atoms with Gasteiger partial charge in [-0.15, -0.1) is 0 Å². The molecular formula is C18H18O6. The number of aromatic hydroxyl groups is 3. The summed E-state index contributed by atoms with van der Waals surface area (Å²) in [5.41, 5.74) is 1.42. The zero-order chi connectivity index (χ0) is 17.6. The Morgan fingerprint density at radius 1 is 1.12 bits per heavy atom. The van der Waals surface area contributed by atoms with Crippen LogP contribution in [0.4, 0.5) is 0 Å². The van der Waals surface area contributed by atoms with Crippen LogP contribution in [0.2, 0.25) is 0 Å². The van der Waals surface area contributed by atoms with Crippen molar-refractivity contribution in [3.8, 4) is 28.7 Å². The van der Waals surface area contributed by atoms with E-state index in [1.54, 1.807) is 26.0 Å². The van der Waals surface area contributed by atoms with Crippen LogP contribution in [0.5, 0.6) is 28.7 Å². The number of carbonyl (C=O) groups excluding carboxylic acids is 1. The summed E-state index contributed by atoms with van der Waals surface area (Å²) >= 11 is 0. The Hall–Kier alpha value is -2.89. The number of hydrogen-bond donors (Lipinski definition) is 3. The Labute approximate surface area is 138 Å². The third-order valence-corrected chi connectivity index (χ3v) is 4.36. The van der Waals surface area contributed by atoms with Crippen LogP contribution in [0.15, 0.2) is 18.2 Å². The highest BCUT2D eigenvalue weighted by molar-refractivity contribution is 6.03. The van der Waals surface area contributed by atoms with Gasteiger partial charge in [-0.05, 0) is 31.5 Å². The van der Waals surface area contributed by atoms with E-state index in [2.05, 4.69) is 0 Å². The van der Waals surface area contributed by atoms with Gasteiger partial charge < -0.3 is 24.8 Å². The van der Waals surface area contributed by atoms with Crippen LogP contribution < -0.4 is 9.47 Å². The fourth-order valence-electron chi connectivity index (χ4n) is 2.92. The molecule has 3 N–H and O–H groups in total. The summed E-state index contributed by atoms with van der Waals surface area (Å²) in [4.78, 5) is 12.5. The molecule has 1 heterocycles. The lowest BCUT2D eigenvalue weighted by Crippen LogP contribution is -2.21. The maximum Gasteiger partial charge on any atom is 0.174 e. The van der Waals surface area contributed by atoms with Crippen LogP contribution in [0.3, 0.4) is 0 Å². The van der Waals surface area contributed by atoms with Crippen molar-refractivity contribution in [2.75, 3.05) is 7.11 Å². The van der Waals surface area contributed by atoms with Gasteiger partial charge in [0.2, 0.25) is 0 Å². The number of methoxy groups -OCH3 is 1. The topological polar surface area (TPSA) is 96.2 Å². The molecule has 0 bridgehead atoms. The van der Waals surface area contributed by atoms with Gasteiger partial charge in [-0.1, -0.05) is 6.07 Å². The van der Waals surface area contributed by atoms with E-state index in [4.69, 9.17) is 9.47 Å². The molecule has 24 heavy (non-hydrogen) atoms. The summed E-state index contributed by atoms with van der Waals surface area (Å²) in [6, 6.07) is 4.71. The quantitative estimate of drug-likeness (QED) is 0.783. The summed E-state index contributed by atoms with van der Waals surface area (Å²) in [6.45, 7) is 3.18. The highest BCUT2D eigenvalue weighted by Crippen LogP contribution is 2.47. The lowest BCUT2D eigenvalue weighted by Gasteiger charge is -2.28. The van der Waals surface area contributed by atoms with Crippen molar-refractivity contribution in [2.24, 2.45) is 0 Å². The van der Waals surface area contributed by atoms with Gasteiger partial charge in [0, 0.05) is 11.1 Å². The van der Waals surface area contributed by atoms with E-state index in [-0.39, 0.29) is 52.1 Å². The molecule has 0 amide bonds. The molecule has 1 aliphatic heterocycles. The fourth-order valence-corrected chi connectivity index (χ4v) is 2.92. The van der Waals surface area contributed by atoms with Gasteiger partial charge >= 0.3 is 0 Å². The Balaban J connectivity index is 2.09. The first-order valence-electron chi connectivity index (χ1n) is 7.47. The standard InChI is InChI=1S/C18H18O6/c1-8-16(21)9(2)18-15(17(8)22)12(20)7-13(24-18)10-4-5-11(19)14(6-10)23-3/h4-6,13,19,21-22H,7H2,1-3H3/t13-/m1/s1. The zero-order valence-corrected chi connectivity index (χ0v) is 13.6. The number of ether oxygens (including phenoxy) is 2. The lowest BCUT2D eigenvalue weighted by atomic mass is 9.91. The molecule has 6 heteroatoms. The molecule has 2 aromatic carbocycles. The van der Waals surface area contributed by atoms with Crippen molar-refractivity contribution in [1.29, 1.82) is 0 Å².